The summed E-state index contributed by atoms with van der Waals surface area (Å²) in [6.45, 7) is 0. The Hall–Kier alpha value is -5.74. The normalized spacial score (nSPS) is 11.8. The van der Waals surface area contributed by atoms with Crippen LogP contribution >= 0.6 is 0 Å². The molecular formula is C38H23N3O. The van der Waals surface area contributed by atoms with Gasteiger partial charge in [-0.05, 0) is 52.2 Å². The Balaban J connectivity index is 1.39. The van der Waals surface area contributed by atoms with Crippen LogP contribution in [0.15, 0.2) is 144 Å². The van der Waals surface area contributed by atoms with Crippen LogP contribution in [0.2, 0.25) is 0 Å². The van der Waals surface area contributed by atoms with Gasteiger partial charge < -0.3 is 4.42 Å². The van der Waals surface area contributed by atoms with Crippen molar-refractivity contribution >= 4 is 54.6 Å². The fourth-order valence-electron chi connectivity index (χ4n) is 6.20. The van der Waals surface area contributed by atoms with Crippen LogP contribution in [0.4, 0.5) is 0 Å². The number of benzene rings is 6. The van der Waals surface area contributed by atoms with Crippen molar-refractivity contribution in [3.8, 4) is 28.3 Å². The highest BCUT2D eigenvalue weighted by atomic mass is 16.3. The Morgan fingerprint density at radius 2 is 1.17 bits per heavy atom. The van der Waals surface area contributed by atoms with Crippen molar-refractivity contribution in [2.75, 3.05) is 0 Å². The van der Waals surface area contributed by atoms with Crippen LogP contribution < -0.4 is 0 Å². The lowest BCUT2D eigenvalue weighted by atomic mass is 10.0. The van der Waals surface area contributed by atoms with Crippen LogP contribution in [0.5, 0.6) is 0 Å². The third-order valence-electron chi connectivity index (χ3n) is 8.20. The Morgan fingerprint density at radius 1 is 0.476 bits per heavy atom. The molecule has 0 unspecified atom stereocenters. The second kappa shape index (κ2) is 8.88. The number of para-hydroxylation sites is 1. The number of hydrogen-bond acceptors (Lipinski definition) is 3. The van der Waals surface area contributed by atoms with E-state index in [1.54, 1.807) is 0 Å². The zero-order chi connectivity index (χ0) is 27.6. The second-order valence-electron chi connectivity index (χ2n) is 10.7. The van der Waals surface area contributed by atoms with Gasteiger partial charge in [0.05, 0.1) is 11.0 Å². The van der Waals surface area contributed by atoms with E-state index in [9.17, 15) is 0 Å². The molecule has 9 rings (SSSR count). The summed E-state index contributed by atoms with van der Waals surface area (Å²) in [5, 5.41) is 5.72. The van der Waals surface area contributed by atoms with Crippen LogP contribution in [0.3, 0.4) is 0 Å². The number of fused-ring (bicyclic) bond motifs is 7. The minimum absolute atomic E-state index is 0.623. The van der Waals surface area contributed by atoms with Gasteiger partial charge in [0, 0.05) is 21.7 Å². The molecule has 0 aliphatic rings. The van der Waals surface area contributed by atoms with Crippen LogP contribution in [0.1, 0.15) is 0 Å². The molecule has 0 aliphatic heterocycles. The highest BCUT2D eigenvalue weighted by Crippen LogP contribution is 2.39. The van der Waals surface area contributed by atoms with E-state index in [4.69, 9.17) is 14.4 Å². The van der Waals surface area contributed by atoms with Gasteiger partial charge in [-0.25, -0.2) is 9.97 Å². The van der Waals surface area contributed by atoms with Crippen LogP contribution in [0.25, 0.3) is 83.0 Å². The van der Waals surface area contributed by atoms with Gasteiger partial charge in [0.15, 0.2) is 5.58 Å². The zero-order valence-electron chi connectivity index (χ0n) is 22.5. The Labute approximate surface area is 241 Å². The molecule has 0 saturated heterocycles. The Bertz CT molecular complexity index is 2460. The largest absolute Gasteiger partial charge is 0.452 e. The summed E-state index contributed by atoms with van der Waals surface area (Å²) in [4.78, 5) is 10.5. The zero-order valence-corrected chi connectivity index (χ0v) is 22.5. The topological polar surface area (TPSA) is 43.9 Å². The molecule has 0 radical (unpaired) electrons. The summed E-state index contributed by atoms with van der Waals surface area (Å²) >= 11 is 0. The minimum Gasteiger partial charge on any atom is -0.452 e. The monoisotopic (exact) mass is 537 g/mol. The SMILES string of the molecule is c1ccc(-c2ccc3c(c2)oc2c(-c4ccccc4)nc(-n4c5ccccc5c5cc6ccccc6cc54)nc23)cc1. The maximum Gasteiger partial charge on any atom is 0.236 e. The van der Waals surface area contributed by atoms with Crippen LogP contribution in [-0.2, 0) is 0 Å². The maximum absolute atomic E-state index is 6.57. The van der Waals surface area contributed by atoms with Crippen molar-refractivity contribution in [3.63, 3.8) is 0 Å². The lowest BCUT2D eigenvalue weighted by molar-refractivity contribution is 0.667. The fraction of sp³-hybridized carbons (Fsp3) is 0. The molecule has 0 aliphatic carbocycles. The predicted octanol–water partition coefficient (Wildman–Crippen LogP) is 9.96. The van der Waals surface area contributed by atoms with Crippen LogP contribution in [-0.4, -0.2) is 14.5 Å². The second-order valence-corrected chi connectivity index (χ2v) is 10.7. The van der Waals surface area contributed by atoms with Crippen molar-refractivity contribution in [1.82, 2.24) is 14.5 Å². The highest BCUT2D eigenvalue weighted by molar-refractivity contribution is 6.14. The molecule has 0 amide bonds. The molecule has 0 atom stereocenters. The summed E-state index contributed by atoms with van der Waals surface area (Å²) in [7, 11) is 0. The summed E-state index contributed by atoms with van der Waals surface area (Å²) < 4.78 is 8.77. The number of hydrogen-bond donors (Lipinski definition) is 0. The van der Waals surface area contributed by atoms with E-state index in [-0.39, 0.29) is 0 Å². The molecular weight excluding hydrogens is 514 g/mol. The molecule has 42 heavy (non-hydrogen) atoms. The lowest BCUT2D eigenvalue weighted by Gasteiger charge is -2.09. The summed E-state index contributed by atoms with van der Waals surface area (Å²) in [6, 6.07) is 48.5. The van der Waals surface area contributed by atoms with E-state index in [1.807, 2.05) is 24.3 Å². The van der Waals surface area contributed by atoms with Crippen molar-refractivity contribution in [2.24, 2.45) is 0 Å². The average Bonchev–Trinajstić information content (AvgIpc) is 3.59. The van der Waals surface area contributed by atoms with Gasteiger partial charge in [0.25, 0.3) is 0 Å². The van der Waals surface area contributed by atoms with Gasteiger partial charge in [-0.2, -0.15) is 0 Å². The average molecular weight is 538 g/mol. The summed E-state index contributed by atoms with van der Waals surface area (Å²) in [6.07, 6.45) is 0. The molecule has 0 fully saturated rings. The van der Waals surface area contributed by atoms with Crippen molar-refractivity contribution in [3.05, 3.63) is 140 Å². The van der Waals surface area contributed by atoms with Crippen molar-refractivity contribution in [2.45, 2.75) is 0 Å². The van der Waals surface area contributed by atoms with Crippen molar-refractivity contribution in [1.29, 1.82) is 0 Å². The molecule has 4 nitrogen and oxygen atoms in total. The van der Waals surface area contributed by atoms with E-state index >= 15 is 0 Å². The lowest BCUT2D eigenvalue weighted by Crippen LogP contribution is -2.02. The van der Waals surface area contributed by atoms with Gasteiger partial charge in [-0.15, -0.1) is 0 Å². The summed E-state index contributed by atoms with van der Waals surface area (Å²) in [5.41, 5.74) is 8.45. The van der Waals surface area contributed by atoms with Gasteiger partial charge >= 0.3 is 0 Å². The van der Waals surface area contributed by atoms with E-state index in [0.29, 0.717) is 11.5 Å². The van der Waals surface area contributed by atoms with Crippen LogP contribution in [0, 0.1) is 0 Å². The fourth-order valence-corrected chi connectivity index (χ4v) is 6.20. The van der Waals surface area contributed by atoms with Gasteiger partial charge in [-0.3, -0.25) is 4.57 Å². The van der Waals surface area contributed by atoms with Gasteiger partial charge in [-0.1, -0.05) is 109 Å². The first-order chi connectivity index (χ1) is 20.8. The molecule has 196 valence electrons. The smallest absolute Gasteiger partial charge is 0.236 e. The summed E-state index contributed by atoms with van der Waals surface area (Å²) in [5.74, 6) is 0.623. The number of aromatic nitrogens is 3. The van der Waals surface area contributed by atoms with Gasteiger partial charge in [0.1, 0.15) is 16.8 Å². The standard InChI is InChI=1S/C38H23N3O/c1-3-11-24(12-4-1)28-19-20-30-34(23-28)42-37-35(25-13-5-2-6-14-25)39-38(40-36(30)37)41-32-18-10-9-17-29(32)31-21-26-15-7-8-16-27(26)22-33(31)41/h1-23H. The Kier molecular flexibility index (Phi) is 4.87. The molecule has 3 heterocycles. The van der Waals surface area contributed by atoms with E-state index < -0.39 is 0 Å². The number of furan rings is 1. The molecule has 3 aromatic heterocycles. The number of nitrogens with zero attached hydrogens (tertiary/aromatic N) is 3. The van der Waals surface area contributed by atoms with E-state index in [0.717, 1.165) is 49.9 Å². The first kappa shape index (κ1) is 23.0. The third-order valence-corrected chi connectivity index (χ3v) is 8.20. The third kappa shape index (κ3) is 3.42. The first-order valence-electron chi connectivity index (χ1n) is 14.1. The van der Waals surface area contributed by atoms with E-state index in [2.05, 4.69) is 120 Å². The first-order valence-corrected chi connectivity index (χ1v) is 14.1. The molecule has 4 heteroatoms. The molecule has 9 aromatic rings. The predicted molar refractivity (Wildman–Crippen MR) is 172 cm³/mol. The Morgan fingerprint density at radius 3 is 1.98 bits per heavy atom. The number of rotatable bonds is 3. The molecule has 0 N–H and O–H groups in total. The molecule has 0 spiro atoms. The molecule has 0 bridgehead atoms. The molecule has 0 saturated carbocycles. The van der Waals surface area contributed by atoms with Crippen molar-refractivity contribution < 1.29 is 4.42 Å². The maximum atomic E-state index is 6.57. The van der Waals surface area contributed by atoms with Gasteiger partial charge in [0.2, 0.25) is 5.95 Å². The highest BCUT2D eigenvalue weighted by Gasteiger charge is 2.21. The minimum atomic E-state index is 0.623. The molecule has 6 aromatic carbocycles. The van der Waals surface area contributed by atoms with E-state index in [1.165, 1.54) is 21.5 Å². The quantitative estimate of drug-likeness (QED) is 0.225.